The van der Waals surface area contributed by atoms with Crippen molar-refractivity contribution in [3.63, 3.8) is 0 Å². The minimum Gasteiger partial charge on any atom is -0.481 e. The molecule has 0 aliphatic carbocycles. The second-order valence-corrected chi connectivity index (χ2v) is 6.03. The third-order valence-corrected chi connectivity index (χ3v) is 4.17. The second kappa shape index (κ2) is 6.65. The van der Waals surface area contributed by atoms with Gasteiger partial charge in [-0.25, -0.2) is 8.78 Å². The summed E-state index contributed by atoms with van der Waals surface area (Å²) in [6, 6.07) is 1.09. The molecule has 20 heavy (non-hydrogen) atoms. The summed E-state index contributed by atoms with van der Waals surface area (Å²) in [6.45, 7) is 1.40. The van der Waals surface area contributed by atoms with Gasteiger partial charge in [0.1, 0.15) is 0 Å². The summed E-state index contributed by atoms with van der Waals surface area (Å²) in [7, 11) is 0. The van der Waals surface area contributed by atoms with Crippen LogP contribution in [0.1, 0.15) is 25.3 Å². The van der Waals surface area contributed by atoms with Gasteiger partial charge in [-0.15, -0.1) is 0 Å². The number of hydrogen-bond acceptors (Lipinski definition) is 1. The molecule has 1 aromatic carbocycles. The third-order valence-electron chi connectivity index (χ3n) is 2.61. The molecule has 0 aromatic heterocycles. The smallest absolute Gasteiger partial charge is 0.303 e. The van der Waals surface area contributed by atoms with Gasteiger partial charge in [-0.05, 0) is 12.0 Å². The fraction of sp³-hybridized carbons (Fsp3) is 0.417. The molecule has 8 heteroatoms. The van der Waals surface area contributed by atoms with E-state index in [0.717, 1.165) is 6.07 Å². The number of rotatable bonds is 5. The van der Waals surface area contributed by atoms with Crippen molar-refractivity contribution in [1.29, 1.82) is 0 Å². The van der Waals surface area contributed by atoms with E-state index in [2.05, 4.69) is 0 Å². The Labute approximate surface area is 134 Å². The van der Waals surface area contributed by atoms with Gasteiger partial charge in [-0.1, -0.05) is 53.3 Å². The highest BCUT2D eigenvalue weighted by molar-refractivity contribution is 6.49. The standard InChI is InChI=1S/C12H10Cl4F2O2/c1-5(2-8(19)20)4-12(17,18)9-6(13)3-7(14)10(15)11(9)16/h3,5H,2,4H2,1H3,(H,19,20). The maximum Gasteiger partial charge on any atom is 0.303 e. The van der Waals surface area contributed by atoms with Crippen LogP contribution in [0.4, 0.5) is 8.78 Å². The summed E-state index contributed by atoms with van der Waals surface area (Å²) < 4.78 is 28.5. The monoisotopic (exact) mass is 364 g/mol. The van der Waals surface area contributed by atoms with Crippen molar-refractivity contribution in [2.45, 2.75) is 25.7 Å². The van der Waals surface area contributed by atoms with Gasteiger partial charge in [0.25, 0.3) is 5.92 Å². The first kappa shape index (κ1) is 17.8. The molecule has 0 saturated heterocycles. The predicted octanol–water partition coefficient (Wildman–Crippen LogP) is 5.89. The van der Waals surface area contributed by atoms with Crippen molar-refractivity contribution in [2.24, 2.45) is 5.92 Å². The molecule has 0 aliphatic rings. The molecule has 1 rings (SSSR count). The average molecular weight is 366 g/mol. The van der Waals surface area contributed by atoms with E-state index in [0.29, 0.717) is 0 Å². The molecule has 0 bridgehead atoms. The second-order valence-electron chi connectivity index (χ2n) is 4.45. The van der Waals surface area contributed by atoms with Crippen molar-refractivity contribution in [2.75, 3.05) is 0 Å². The lowest BCUT2D eigenvalue weighted by Crippen LogP contribution is -2.20. The SMILES string of the molecule is CC(CC(=O)O)CC(F)(F)c1c(Cl)cc(Cl)c(Cl)c1Cl. The van der Waals surface area contributed by atoms with Gasteiger partial charge in [0.05, 0.1) is 25.7 Å². The lowest BCUT2D eigenvalue weighted by molar-refractivity contribution is -0.138. The molecule has 1 atom stereocenters. The number of benzene rings is 1. The maximum absolute atomic E-state index is 14.2. The fourth-order valence-electron chi connectivity index (χ4n) is 1.81. The van der Waals surface area contributed by atoms with Crippen molar-refractivity contribution >= 4 is 52.4 Å². The largest absolute Gasteiger partial charge is 0.481 e. The molecule has 0 amide bonds. The average Bonchev–Trinajstić information content (AvgIpc) is 2.23. The van der Waals surface area contributed by atoms with Gasteiger partial charge in [0, 0.05) is 12.8 Å². The molecule has 0 radical (unpaired) electrons. The van der Waals surface area contributed by atoms with Gasteiger partial charge in [-0.2, -0.15) is 0 Å². The number of halogens is 6. The van der Waals surface area contributed by atoms with E-state index < -0.39 is 34.8 Å². The van der Waals surface area contributed by atoms with Crippen LogP contribution in [-0.4, -0.2) is 11.1 Å². The molecule has 112 valence electrons. The predicted molar refractivity (Wildman–Crippen MR) is 76.4 cm³/mol. The van der Waals surface area contributed by atoms with Crippen LogP contribution in [0.2, 0.25) is 20.1 Å². The topological polar surface area (TPSA) is 37.3 Å². The van der Waals surface area contributed by atoms with Crippen LogP contribution in [0.25, 0.3) is 0 Å². The normalized spacial score (nSPS) is 13.3. The first-order valence-corrected chi connectivity index (χ1v) is 7.00. The molecular weight excluding hydrogens is 356 g/mol. The molecule has 0 spiro atoms. The van der Waals surface area contributed by atoms with Gasteiger partial charge >= 0.3 is 5.97 Å². The Morgan fingerprint density at radius 1 is 1.25 bits per heavy atom. The summed E-state index contributed by atoms with van der Waals surface area (Å²) in [5, 5.41) is 7.64. The zero-order chi connectivity index (χ0) is 15.7. The number of carboxylic acids is 1. The van der Waals surface area contributed by atoms with E-state index >= 15 is 0 Å². The quantitative estimate of drug-likeness (QED) is 0.521. The van der Waals surface area contributed by atoms with Crippen LogP contribution in [0.15, 0.2) is 6.07 Å². The highest BCUT2D eigenvalue weighted by Crippen LogP contribution is 2.47. The van der Waals surface area contributed by atoms with E-state index in [-0.39, 0.29) is 21.5 Å². The van der Waals surface area contributed by atoms with Crippen LogP contribution >= 0.6 is 46.4 Å². The van der Waals surface area contributed by atoms with Gasteiger partial charge < -0.3 is 5.11 Å². The van der Waals surface area contributed by atoms with E-state index in [1.165, 1.54) is 6.92 Å². The van der Waals surface area contributed by atoms with Gasteiger partial charge in [-0.3, -0.25) is 4.79 Å². The van der Waals surface area contributed by atoms with Crippen molar-refractivity contribution in [3.05, 3.63) is 31.7 Å². The molecule has 1 unspecified atom stereocenters. The Hall–Kier alpha value is -0.290. The van der Waals surface area contributed by atoms with E-state index in [4.69, 9.17) is 51.5 Å². The Morgan fingerprint density at radius 2 is 1.80 bits per heavy atom. The van der Waals surface area contributed by atoms with Crippen LogP contribution < -0.4 is 0 Å². The Bertz CT molecular complexity index is 535. The Morgan fingerprint density at radius 3 is 2.30 bits per heavy atom. The minimum atomic E-state index is -3.41. The van der Waals surface area contributed by atoms with Crippen molar-refractivity contribution < 1.29 is 18.7 Å². The minimum absolute atomic E-state index is 0.0280. The molecular formula is C12H10Cl4F2O2. The number of aliphatic carboxylic acids is 1. The van der Waals surface area contributed by atoms with Gasteiger partial charge in [0.15, 0.2) is 0 Å². The Kier molecular flexibility index (Phi) is 5.90. The number of carbonyl (C=O) groups is 1. The van der Waals surface area contributed by atoms with Crippen molar-refractivity contribution in [3.8, 4) is 0 Å². The molecule has 2 nitrogen and oxygen atoms in total. The molecule has 0 aliphatic heterocycles. The highest BCUT2D eigenvalue weighted by atomic mass is 35.5. The van der Waals surface area contributed by atoms with Crippen LogP contribution in [0.5, 0.6) is 0 Å². The molecule has 0 fully saturated rings. The lowest BCUT2D eigenvalue weighted by Gasteiger charge is -2.23. The van der Waals surface area contributed by atoms with Crippen LogP contribution in [0.3, 0.4) is 0 Å². The molecule has 0 saturated carbocycles. The highest BCUT2D eigenvalue weighted by Gasteiger charge is 2.39. The molecule has 1 N–H and O–H groups in total. The third kappa shape index (κ3) is 4.10. The summed E-state index contributed by atoms with van der Waals surface area (Å²) in [6.07, 6.45) is -1.09. The molecule has 1 aromatic rings. The van der Waals surface area contributed by atoms with Crippen LogP contribution in [0, 0.1) is 5.92 Å². The zero-order valence-corrected chi connectivity index (χ0v) is 13.2. The van der Waals surface area contributed by atoms with E-state index in [1.807, 2.05) is 0 Å². The van der Waals surface area contributed by atoms with Gasteiger partial charge in [0.2, 0.25) is 0 Å². The number of alkyl halides is 2. The van der Waals surface area contributed by atoms with Crippen LogP contribution in [-0.2, 0) is 10.7 Å². The number of carboxylic acid groups (broad SMARTS) is 1. The van der Waals surface area contributed by atoms with E-state index in [9.17, 15) is 13.6 Å². The first-order valence-electron chi connectivity index (χ1n) is 5.49. The summed E-state index contributed by atoms with van der Waals surface area (Å²) in [4.78, 5) is 10.5. The summed E-state index contributed by atoms with van der Waals surface area (Å²) >= 11 is 23.0. The lowest BCUT2D eigenvalue weighted by atomic mass is 9.95. The maximum atomic E-state index is 14.2. The first-order chi connectivity index (χ1) is 9.06. The summed E-state index contributed by atoms with van der Waals surface area (Å²) in [5.74, 6) is -5.32. The summed E-state index contributed by atoms with van der Waals surface area (Å²) in [5.41, 5.74) is -0.632. The van der Waals surface area contributed by atoms with E-state index in [1.54, 1.807) is 0 Å². The zero-order valence-electron chi connectivity index (χ0n) is 10.2. The van der Waals surface area contributed by atoms with Crippen molar-refractivity contribution in [1.82, 2.24) is 0 Å². The Balaban J connectivity index is 3.15. The number of hydrogen-bond donors (Lipinski definition) is 1. The molecule has 0 heterocycles. The fourth-order valence-corrected chi connectivity index (χ4v) is 3.00.